The average molecular weight is 675 g/mol. The van der Waals surface area contributed by atoms with Crippen molar-refractivity contribution in [2.75, 3.05) is 13.2 Å². The summed E-state index contributed by atoms with van der Waals surface area (Å²) in [6.07, 6.45) is 35.0. The number of rotatable bonds is 35. The Morgan fingerprint density at radius 2 is 0.913 bits per heavy atom. The molecule has 0 saturated heterocycles. The van der Waals surface area contributed by atoms with Crippen LogP contribution in [0.25, 0.3) is 0 Å². The van der Waals surface area contributed by atoms with Gasteiger partial charge >= 0.3 is 19.8 Å². The maximum atomic E-state index is 12.3. The number of phosphoric acid groups is 1. The van der Waals surface area contributed by atoms with Gasteiger partial charge in [0.15, 0.2) is 6.10 Å². The zero-order valence-corrected chi connectivity index (χ0v) is 30.6. The second kappa shape index (κ2) is 33.7. The van der Waals surface area contributed by atoms with E-state index < -0.39 is 32.5 Å². The number of hydrogen-bond acceptors (Lipinski definition) is 6. The van der Waals surface area contributed by atoms with Crippen LogP contribution in [0.4, 0.5) is 0 Å². The number of phosphoric ester groups is 1. The molecular weight excluding hydrogens is 603 g/mol. The van der Waals surface area contributed by atoms with Crippen LogP contribution in [-0.2, 0) is 28.2 Å². The van der Waals surface area contributed by atoms with Gasteiger partial charge in [0.25, 0.3) is 0 Å². The molecule has 0 saturated carbocycles. The summed E-state index contributed by atoms with van der Waals surface area (Å²) in [7, 11) is -4.75. The summed E-state index contributed by atoms with van der Waals surface area (Å²) >= 11 is 0. The zero-order valence-electron chi connectivity index (χ0n) is 29.7. The summed E-state index contributed by atoms with van der Waals surface area (Å²) in [5.74, 6) is -0.896. The van der Waals surface area contributed by atoms with E-state index in [-0.39, 0.29) is 19.4 Å². The molecule has 0 spiro atoms. The van der Waals surface area contributed by atoms with Crippen LogP contribution in [0.5, 0.6) is 0 Å². The molecule has 0 rings (SSSR count). The second-order valence-corrected chi connectivity index (χ2v) is 14.1. The maximum Gasteiger partial charge on any atom is 0.469 e. The van der Waals surface area contributed by atoms with Crippen LogP contribution in [0.1, 0.15) is 194 Å². The van der Waals surface area contributed by atoms with E-state index >= 15 is 0 Å². The fourth-order valence-corrected chi connectivity index (χ4v) is 5.79. The van der Waals surface area contributed by atoms with E-state index in [1.165, 1.54) is 116 Å². The summed E-state index contributed by atoms with van der Waals surface area (Å²) in [4.78, 5) is 42.6. The highest BCUT2D eigenvalue weighted by molar-refractivity contribution is 7.46. The first-order valence-corrected chi connectivity index (χ1v) is 20.5. The van der Waals surface area contributed by atoms with E-state index in [2.05, 4.69) is 30.5 Å². The number of allylic oxidation sites excluding steroid dienone is 2. The van der Waals surface area contributed by atoms with Crippen molar-refractivity contribution in [1.82, 2.24) is 0 Å². The second-order valence-electron chi connectivity index (χ2n) is 12.9. The molecule has 0 bridgehead atoms. The molecule has 2 N–H and O–H groups in total. The Morgan fingerprint density at radius 1 is 0.543 bits per heavy atom. The minimum Gasteiger partial charge on any atom is -0.462 e. The van der Waals surface area contributed by atoms with Crippen molar-refractivity contribution in [3.63, 3.8) is 0 Å². The van der Waals surface area contributed by atoms with Gasteiger partial charge < -0.3 is 19.3 Å². The molecule has 0 aliphatic rings. The van der Waals surface area contributed by atoms with Crippen LogP contribution in [0.15, 0.2) is 12.2 Å². The van der Waals surface area contributed by atoms with Crippen LogP contribution in [0.3, 0.4) is 0 Å². The van der Waals surface area contributed by atoms with Crippen molar-refractivity contribution < 1.29 is 37.9 Å². The third-order valence-electron chi connectivity index (χ3n) is 8.28. The molecule has 0 aromatic rings. The molecule has 0 heterocycles. The number of hydrogen-bond donors (Lipinski definition) is 2. The van der Waals surface area contributed by atoms with Crippen LogP contribution in [0, 0.1) is 0 Å². The third kappa shape index (κ3) is 35.6. The lowest BCUT2D eigenvalue weighted by atomic mass is 10.0. The van der Waals surface area contributed by atoms with Crippen LogP contribution in [0.2, 0.25) is 0 Å². The molecule has 9 heteroatoms. The predicted octanol–water partition coefficient (Wildman–Crippen LogP) is 11.1. The number of ether oxygens (including phenoxy) is 2. The highest BCUT2D eigenvalue weighted by Gasteiger charge is 2.22. The Morgan fingerprint density at radius 3 is 1.35 bits per heavy atom. The fraction of sp³-hybridized carbons (Fsp3) is 0.892. The lowest BCUT2D eigenvalue weighted by Gasteiger charge is -2.18. The highest BCUT2D eigenvalue weighted by Crippen LogP contribution is 2.36. The molecular formula is C37H71O8P. The van der Waals surface area contributed by atoms with Crippen LogP contribution >= 0.6 is 7.82 Å². The van der Waals surface area contributed by atoms with E-state index in [0.29, 0.717) is 6.42 Å². The van der Waals surface area contributed by atoms with Crippen molar-refractivity contribution in [3.8, 4) is 0 Å². The Kier molecular flexibility index (Phi) is 32.8. The Hall–Kier alpha value is -1.21. The summed E-state index contributed by atoms with van der Waals surface area (Å²) in [6, 6.07) is 0. The van der Waals surface area contributed by atoms with Crippen molar-refractivity contribution in [2.24, 2.45) is 0 Å². The monoisotopic (exact) mass is 674 g/mol. The van der Waals surface area contributed by atoms with E-state index in [4.69, 9.17) is 19.3 Å². The smallest absolute Gasteiger partial charge is 0.462 e. The van der Waals surface area contributed by atoms with Gasteiger partial charge in [0.05, 0.1) is 6.61 Å². The van der Waals surface area contributed by atoms with Gasteiger partial charge in [-0.15, -0.1) is 0 Å². The minimum absolute atomic E-state index is 0.195. The Bertz CT molecular complexity index is 766. The molecule has 1 atom stereocenters. The SMILES string of the molecule is CCCCCCCC/C=C/CCCCCC(=O)O[C@H](COC(=O)CCCCCCCCCCCCCCCCC)COP(=O)(O)O. The number of esters is 2. The van der Waals surface area contributed by atoms with Gasteiger partial charge in [-0.05, 0) is 38.5 Å². The van der Waals surface area contributed by atoms with Gasteiger partial charge in [0.2, 0.25) is 0 Å². The summed E-state index contributed by atoms with van der Waals surface area (Å²) in [5, 5.41) is 0. The van der Waals surface area contributed by atoms with Gasteiger partial charge in [-0.25, -0.2) is 4.57 Å². The standard InChI is InChI=1S/C37H71O8P/c1-3-5-7-9-11-13-15-17-18-20-21-23-25-27-29-31-36(38)43-33-35(34-44-46(40,41)42)45-37(39)32-30-28-26-24-22-19-16-14-12-10-8-6-4-2/h19,22,35H,3-18,20-21,23-34H2,1-2H3,(H2,40,41,42)/b22-19+/t35-/m1/s1. The summed E-state index contributed by atoms with van der Waals surface area (Å²) < 4.78 is 26.3. The minimum atomic E-state index is -4.75. The maximum absolute atomic E-state index is 12.3. The molecule has 272 valence electrons. The molecule has 0 aliphatic heterocycles. The normalized spacial score (nSPS) is 12.5. The van der Waals surface area contributed by atoms with Crippen molar-refractivity contribution >= 4 is 19.8 Å². The van der Waals surface area contributed by atoms with E-state index in [9.17, 15) is 14.2 Å². The van der Waals surface area contributed by atoms with Gasteiger partial charge in [-0.2, -0.15) is 0 Å². The topological polar surface area (TPSA) is 119 Å². The lowest BCUT2D eigenvalue weighted by Crippen LogP contribution is -2.29. The predicted molar refractivity (Wildman–Crippen MR) is 189 cm³/mol. The number of carbonyl (C=O) groups excluding carboxylic acids is 2. The first-order chi connectivity index (χ1) is 22.3. The van der Waals surface area contributed by atoms with Gasteiger partial charge in [-0.3, -0.25) is 14.1 Å². The average Bonchev–Trinajstić information content (AvgIpc) is 3.02. The Labute approximate surface area is 282 Å². The van der Waals surface area contributed by atoms with Gasteiger partial charge in [0, 0.05) is 12.8 Å². The van der Waals surface area contributed by atoms with Gasteiger partial charge in [0.1, 0.15) is 6.61 Å². The van der Waals surface area contributed by atoms with E-state index in [1.807, 2.05) is 0 Å². The highest BCUT2D eigenvalue weighted by atomic mass is 31.2. The molecule has 0 radical (unpaired) electrons. The number of unbranched alkanes of at least 4 members (excludes halogenated alkanes) is 23. The molecule has 0 fully saturated rings. The van der Waals surface area contributed by atoms with Gasteiger partial charge in [-0.1, -0.05) is 154 Å². The molecule has 0 aliphatic carbocycles. The molecule has 0 aromatic carbocycles. The molecule has 0 amide bonds. The van der Waals surface area contributed by atoms with E-state index in [0.717, 1.165) is 44.9 Å². The van der Waals surface area contributed by atoms with Crippen molar-refractivity contribution in [2.45, 2.75) is 200 Å². The molecule has 8 nitrogen and oxygen atoms in total. The zero-order chi connectivity index (χ0) is 34.0. The van der Waals surface area contributed by atoms with Crippen LogP contribution < -0.4 is 0 Å². The molecule has 0 unspecified atom stereocenters. The Balaban J connectivity index is 3.95. The van der Waals surface area contributed by atoms with Crippen molar-refractivity contribution in [1.29, 1.82) is 0 Å². The van der Waals surface area contributed by atoms with Crippen molar-refractivity contribution in [3.05, 3.63) is 12.2 Å². The molecule has 46 heavy (non-hydrogen) atoms. The van der Waals surface area contributed by atoms with Crippen LogP contribution in [-0.4, -0.2) is 41.0 Å². The van der Waals surface area contributed by atoms with E-state index in [1.54, 1.807) is 0 Å². The quantitative estimate of drug-likeness (QED) is 0.0295. The largest absolute Gasteiger partial charge is 0.469 e. The summed E-state index contributed by atoms with van der Waals surface area (Å²) in [6.45, 7) is 3.67. The first-order valence-electron chi connectivity index (χ1n) is 19.0. The number of carbonyl (C=O) groups is 2. The lowest BCUT2D eigenvalue weighted by molar-refractivity contribution is -0.161. The first kappa shape index (κ1) is 44.8. The summed E-state index contributed by atoms with van der Waals surface area (Å²) in [5.41, 5.74) is 0. The third-order valence-corrected chi connectivity index (χ3v) is 8.77. The fourth-order valence-electron chi connectivity index (χ4n) is 5.43. The molecule has 0 aromatic heterocycles.